The first-order chi connectivity index (χ1) is 14.7. The third-order valence-corrected chi connectivity index (χ3v) is 4.30. The quantitative estimate of drug-likeness (QED) is 0.457. The fourth-order valence-corrected chi connectivity index (χ4v) is 2.98. The number of benzene rings is 1. The zero-order chi connectivity index (χ0) is 22.6. The molecule has 0 saturated heterocycles. The van der Waals surface area contributed by atoms with E-state index in [4.69, 9.17) is 15.2 Å². The van der Waals surface area contributed by atoms with Gasteiger partial charge in [0.2, 0.25) is 5.82 Å². The maximum absolute atomic E-state index is 12.4. The predicted octanol–water partition coefficient (Wildman–Crippen LogP) is 2.89. The van der Waals surface area contributed by atoms with Gasteiger partial charge in [-0.05, 0) is 51.0 Å². The number of hydrogen-bond donors (Lipinski definition) is 1. The molecule has 2 N–H and O–H groups in total. The molecule has 2 heterocycles. The molecule has 164 valence electrons. The van der Waals surface area contributed by atoms with Gasteiger partial charge in [0, 0.05) is 24.3 Å². The van der Waals surface area contributed by atoms with Crippen LogP contribution in [0.4, 0.5) is 5.69 Å². The van der Waals surface area contributed by atoms with Crippen molar-refractivity contribution in [3.8, 4) is 0 Å². The number of ether oxygens (including phenoxy) is 2. The normalized spacial score (nSPS) is 11.4. The Morgan fingerprint density at radius 1 is 1.16 bits per heavy atom. The Morgan fingerprint density at radius 3 is 2.55 bits per heavy atom. The Bertz CT molecular complexity index is 1060. The monoisotopic (exact) mass is 425 g/mol. The van der Waals surface area contributed by atoms with Gasteiger partial charge < -0.3 is 19.8 Å². The molecule has 0 aliphatic rings. The van der Waals surface area contributed by atoms with Crippen LogP contribution in [0, 0.1) is 0 Å². The third kappa shape index (κ3) is 5.71. The average molecular weight is 425 g/mol. The number of anilines is 1. The highest BCUT2D eigenvalue weighted by molar-refractivity contribution is 5.91. The van der Waals surface area contributed by atoms with Gasteiger partial charge in [-0.1, -0.05) is 12.1 Å². The Hall–Kier alpha value is -3.62. The first-order valence-electron chi connectivity index (χ1n) is 9.98. The highest BCUT2D eigenvalue weighted by Gasteiger charge is 2.25. The summed E-state index contributed by atoms with van der Waals surface area (Å²) in [5.74, 6) is -1.21. The first kappa shape index (κ1) is 22.1. The van der Waals surface area contributed by atoms with E-state index < -0.39 is 17.5 Å². The minimum atomic E-state index is -0.681. The smallest absolute Gasteiger partial charge is 0.374 e. The lowest BCUT2D eigenvalue weighted by atomic mass is 10.1. The molecule has 0 radical (unpaired) electrons. The molecule has 3 rings (SSSR count). The van der Waals surface area contributed by atoms with E-state index in [1.165, 1.54) is 6.20 Å². The minimum absolute atomic E-state index is 0.0164. The van der Waals surface area contributed by atoms with Crippen molar-refractivity contribution >= 4 is 17.6 Å². The van der Waals surface area contributed by atoms with Crippen molar-refractivity contribution in [1.82, 2.24) is 19.3 Å². The number of nitrogen functional groups attached to an aromatic ring is 1. The summed E-state index contributed by atoms with van der Waals surface area (Å²) in [7, 11) is 0. The van der Waals surface area contributed by atoms with Gasteiger partial charge in [0.25, 0.3) is 0 Å². The van der Waals surface area contributed by atoms with Crippen LogP contribution in [-0.2, 0) is 22.6 Å². The van der Waals surface area contributed by atoms with Gasteiger partial charge in [-0.3, -0.25) is 4.68 Å². The molecule has 0 saturated carbocycles. The van der Waals surface area contributed by atoms with Crippen molar-refractivity contribution in [3.63, 3.8) is 0 Å². The highest BCUT2D eigenvalue weighted by atomic mass is 16.6. The number of nitrogens with two attached hydrogens (primary N) is 1. The van der Waals surface area contributed by atoms with Crippen molar-refractivity contribution in [2.75, 3.05) is 12.3 Å². The summed E-state index contributed by atoms with van der Waals surface area (Å²) in [6.45, 7) is 8.03. The number of hydrogen-bond acceptors (Lipinski definition) is 7. The topological polar surface area (TPSA) is 114 Å². The maximum atomic E-state index is 12.4. The van der Waals surface area contributed by atoms with Crippen LogP contribution in [0.2, 0.25) is 0 Å². The summed E-state index contributed by atoms with van der Waals surface area (Å²) >= 11 is 0. The number of nitrogens with zero attached hydrogens (tertiary/aromatic N) is 4. The maximum Gasteiger partial charge on any atom is 0.374 e. The molecular weight excluding hydrogens is 398 g/mol. The number of esters is 2. The molecule has 0 unspecified atom stereocenters. The van der Waals surface area contributed by atoms with Gasteiger partial charge in [0.05, 0.1) is 19.7 Å². The van der Waals surface area contributed by atoms with Gasteiger partial charge in [-0.25, -0.2) is 14.6 Å². The van der Waals surface area contributed by atoms with E-state index in [1.807, 2.05) is 30.5 Å². The Labute approximate surface area is 180 Å². The predicted molar refractivity (Wildman–Crippen MR) is 115 cm³/mol. The fourth-order valence-electron chi connectivity index (χ4n) is 2.98. The molecule has 1 aromatic carbocycles. The lowest BCUT2D eigenvalue weighted by Gasteiger charge is -2.18. The summed E-state index contributed by atoms with van der Waals surface area (Å²) in [5, 5.41) is 4.19. The van der Waals surface area contributed by atoms with Gasteiger partial charge in [-0.15, -0.1) is 0 Å². The molecule has 9 heteroatoms. The summed E-state index contributed by atoms with van der Waals surface area (Å²) in [6, 6.07) is 7.56. The second-order valence-corrected chi connectivity index (χ2v) is 8.04. The summed E-state index contributed by atoms with van der Waals surface area (Å²) < 4.78 is 13.8. The second kappa shape index (κ2) is 9.03. The summed E-state index contributed by atoms with van der Waals surface area (Å²) in [4.78, 5) is 29.0. The van der Waals surface area contributed by atoms with Gasteiger partial charge >= 0.3 is 11.9 Å². The average Bonchev–Trinajstić information content (AvgIpc) is 3.33. The van der Waals surface area contributed by atoms with Crippen LogP contribution in [-0.4, -0.2) is 43.5 Å². The van der Waals surface area contributed by atoms with Crippen LogP contribution >= 0.6 is 0 Å². The molecule has 3 aromatic rings. The van der Waals surface area contributed by atoms with Crippen LogP contribution in [0.5, 0.6) is 0 Å². The highest BCUT2D eigenvalue weighted by Crippen LogP contribution is 2.19. The van der Waals surface area contributed by atoms with E-state index in [2.05, 4.69) is 10.1 Å². The molecule has 0 amide bonds. The lowest BCUT2D eigenvalue weighted by Crippen LogP contribution is -2.24. The number of imidazole rings is 1. The van der Waals surface area contributed by atoms with Gasteiger partial charge in [-0.2, -0.15) is 5.10 Å². The lowest BCUT2D eigenvalue weighted by molar-refractivity contribution is 0.00632. The largest absolute Gasteiger partial charge is 0.460 e. The van der Waals surface area contributed by atoms with E-state index in [9.17, 15) is 9.59 Å². The number of rotatable bonds is 7. The summed E-state index contributed by atoms with van der Waals surface area (Å²) in [5.41, 5.74) is 7.95. The Balaban J connectivity index is 1.86. The number of carbonyl (C=O) groups is 2. The van der Waals surface area contributed by atoms with Crippen LogP contribution in [0.1, 0.15) is 59.9 Å². The van der Waals surface area contributed by atoms with Crippen molar-refractivity contribution < 1.29 is 19.1 Å². The molecule has 0 fully saturated rings. The van der Waals surface area contributed by atoms with Crippen molar-refractivity contribution in [3.05, 3.63) is 65.5 Å². The molecule has 0 bridgehead atoms. The number of aromatic nitrogens is 4. The van der Waals surface area contributed by atoms with Gasteiger partial charge in [0.15, 0.2) is 5.69 Å². The van der Waals surface area contributed by atoms with Crippen LogP contribution in [0.3, 0.4) is 0 Å². The van der Waals surface area contributed by atoms with Crippen LogP contribution in [0.25, 0.3) is 0 Å². The Kier molecular flexibility index (Phi) is 6.43. The van der Waals surface area contributed by atoms with Gasteiger partial charge in [0.1, 0.15) is 5.60 Å². The molecule has 0 aliphatic heterocycles. The van der Waals surface area contributed by atoms with E-state index >= 15 is 0 Å². The minimum Gasteiger partial charge on any atom is -0.460 e. The van der Waals surface area contributed by atoms with Crippen LogP contribution < -0.4 is 5.73 Å². The SMILES string of the molecule is CCOC(=O)c1nc(C(=O)OC(C)(C)C)cn1Cc1ccc(Cn2cccn2)cc1N. The molecule has 0 spiro atoms. The fraction of sp³-hybridized carbons (Fsp3) is 0.364. The van der Waals surface area contributed by atoms with E-state index in [0.29, 0.717) is 12.2 Å². The van der Waals surface area contributed by atoms with E-state index in [0.717, 1.165) is 11.1 Å². The zero-order valence-corrected chi connectivity index (χ0v) is 18.2. The molecule has 2 aromatic heterocycles. The first-order valence-corrected chi connectivity index (χ1v) is 9.98. The molecule has 0 aliphatic carbocycles. The van der Waals surface area contributed by atoms with E-state index in [-0.39, 0.29) is 24.7 Å². The van der Waals surface area contributed by atoms with Crippen molar-refractivity contribution in [2.45, 2.75) is 46.4 Å². The standard InChI is InChI=1S/C22H27N5O4/c1-5-30-21(29)19-25-18(20(28)31-22(2,3)4)14-26(19)13-16-8-7-15(11-17(16)23)12-27-10-6-9-24-27/h6-11,14H,5,12-13,23H2,1-4H3. The second-order valence-electron chi connectivity index (χ2n) is 8.04. The van der Waals surface area contributed by atoms with Crippen molar-refractivity contribution in [2.24, 2.45) is 0 Å². The summed E-state index contributed by atoms with van der Waals surface area (Å²) in [6.07, 6.45) is 5.08. The molecule has 9 nitrogen and oxygen atoms in total. The van der Waals surface area contributed by atoms with Crippen molar-refractivity contribution in [1.29, 1.82) is 0 Å². The Morgan fingerprint density at radius 2 is 1.94 bits per heavy atom. The molecule has 31 heavy (non-hydrogen) atoms. The zero-order valence-electron chi connectivity index (χ0n) is 18.2. The van der Waals surface area contributed by atoms with Crippen LogP contribution in [0.15, 0.2) is 42.9 Å². The molecular formula is C22H27N5O4. The van der Waals surface area contributed by atoms with E-state index in [1.54, 1.807) is 43.1 Å². The molecule has 0 atom stereocenters. The number of carbonyl (C=O) groups excluding carboxylic acids is 2. The third-order valence-electron chi connectivity index (χ3n) is 4.30.